The molecule has 1 fully saturated rings. The molecule has 16 heavy (non-hydrogen) atoms. The highest BCUT2D eigenvalue weighted by atomic mass is 16.1. The molecule has 0 spiro atoms. The maximum Gasteiger partial charge on any atom is 0.221 e. The number of hydrogen-bond donors (Lipinski definition) is 1. The third kappa shape index (κ3) is 4.97. The molecule has 2 N–H and O–H groups in total. The van der Waals surface area contributed by atoms with Crippen LogP contribution in [0.1, 0.15) is 51.9 Å². The Hall–Kier alpha value is -0.570. The molecule has 0 unspecified atom stereocenters. The molecule has 0 aromatic carbocycles. The second-order valence-electron chi connectivity index (χ2n) is 4.96. The fourth-order valence-electron chi connectivity index (χ4n) is 2.43. The second kappa shape index (κ2) is 7.66. The van der Waals surface area contributed by atoms with Crippen molar-refractivity contribution in [2.24, 2.45) is 11.7 Å². The quantitative estimate of drug-likeness (QED) is 0.676. The van der Waals surface area contributed by atoms with E-state index in [0.717, 1.165) is 32.5 Å². The zero-order valence-electron chi connectivity index (χ0n) is 10.6. The molecule has 0 saturated carbocycles. The molecule has 0 radical (unpaired) electrons. The first-order chi connectivity index (χ1) is 7.74. The van der Waals surface area contributed by atoms with Crippen molar-refractivity contribution >= 4 is 5.91 Å². The van der Waals surface area contributed by atoms with Gasteiger partial charge in [0, 0.05) is 6.54 Å². The van der Waals surface area contributed by atoms with Crippen LogP contribution >= 0.6 is 0 Å². The van der Waals surface area contributed by atoms with E-state index in [1.165, 1.54) is 32.1 Å². The predicted molar refractivity (Wildman–Crippen MR) is 67.1 cm³/mol. The molecule has 1 atom stereocenters. The molecule has 0 aliphatic carbocycles. The summed E-state index contributed by atoms with van der Waals surface area (Å²) in [6.07, 6.45) is 8.71. The molecule has 3 heteroatoms. The number of piperidine rings is 1. The van der Waals surface area contributed by atoms with Crippen LogP contribution in [-0.2, 0) is 4.79 Å². The summed E-state index contributed by atoms with van der Waals surface area (Å²) in [6, 6.07) is 0. The summed E-state index contributed by atoms with van der Waals surface area (Å²) in [5.41, 5.74) is 5.36. The van der Waals surface area contributed by atoms with Gasteiger partial charge in [-0.2, -0.15) is 0 Å². The lowest BCUT2D eigenvalue weighted by atomic mass is 9.97. The van der Waals surface area contributed by atoms with E-state index in [0.29, 0.717) is 0 Å². The molecule has 1 aliphatic rings. The van der Waals surface area contributed by atoms with Gasteiger partial charge in [-0.05, 0) is 32.4 Å². The van der Waals surface area contributed by atoms with Gasteiger partial charge in [-0.1, -0.05) is 32.6 Å². The number of likely N-dealkylation sites (tertiary alicyclic amines) is 1. The number of nitrogens with zero attached hydrogens (tertiary/aromatic N) is 1. The van der Waals surface area contributed by atoms with E-state index in [9.17, 15) is 4.79 Å². The normalized spacial score (nSPS) is 22.2. The zero-order valence-corrected chi connectivity index (χ0v) is 10.6. The van der Waals surface area contributed by atoms with Crippen molar-refractivity contribution in [2.75, 3.05) is 19.6 Å². The fraction of sp³-hybridized carbons (Fsp3) is 0.923. The van der Waals surface area contributed by atoms with Gasteiger partial charge < -0.3 is 10.6 Å². The molecule has 0 aromatic rings. The Morgan fingerprint density at radius 2 is 2.06 bits per heavy atom. The first-order valence-electron chi connectivity index (χ1n) is 6.75. The SMILES string of the molecule is CCCCCCCN1CCC[C@H](C(N)=O)C1. The van der Waals surface area contributed by atoms with Crippen molar-refractivity contribution in [3.8, 4) is 0 Å². The molecule has 1 saturated heterocycles. The number of amides is 1. The van der Waals surface area contributed by atoms with Crippen molar-refractivity contribution in [3.63, 3.8) is 0 Å². The van der Waals surface area contributed by atoms with Crippen LogP contribution in [0.15, 0.2) is 0 Å². The molecular formula is C13H26N2O. The van der Waals surface area contributed by atoms with Crippen molar-refractivity contribution in [1.82, 2.24) is 4.90 Å². The van der Waals surface area contributed by atoms with Crippen molar-refractivity contribution < 1.29 is 4.79 Å². The van der Waals surface area contributed by atoms with E-state index in [1.54, 1.807) is 0 Å². The van der Waals surface area contributed by atoms with Crippen molar-refractivity contribution in [2.45, 2.75) is 51.9 Å². The van der Waals surface area contributed by atoms with E-state index in [-0.39, 0.29) is 11.8 Å². The number of primary amides is 1. The first kappa shape index (κ1) is 13.5. The van der Waals surface area contributed by atoms with Crippen LogP contribution in [0, 0.1) is 5.92 Å². The van der Waals surface area contributed by atoms with Crippen LogP contribution in [0.2, 0.25) is 0 Å². The van der Waals surface area contributed by atoms with E-state index in [4.69, 9.17) is 5.73 Å². The highest BCUT2D eigenvalue weighted by molar-refractivity contribution is 5.76. The lowest BCUT2D eigenvalue weighted by Crippen LogP contribution is -2.41. The zero-order chi connectivity index (χ0) is 11.8. The average molecular weight is 226 g/mol. The number of nitrogens with two attached hydrogens (primary N) is 1. The van der Waals surface area contributed by atoms with Crippen LogP contribution in [0.25, 0.3) is 0 Å². The smallest absolute Gasteiger partial charge is 0.221 e. The number of hydrogen-bond acceptors (Lipinski definition) is 2. The van der Waals surface area contributed by atoms with Crippen LogP contribution in [0.5, 0.6) is 0 Å². The Bertz CT molecular complexity index is 206. The third-order valence-corrected chi connectivity index (χ3v) is 3.49. The Balaban J connectivity index is 2.10. The summed E-state index contributed by atoms with van der Waals surface area (Å²) < 4.78 is 0. The Morgan fingerprint density at radius 3 is 2.75 bits per heavy atom. The Labute approximate surface area is 99.4 Å². The summed E-state index contributed by atoms with van der Waals surface area (Å²) in [7, 11) is 0. The molecule has 1 rings (SSSR count). The summed E-state index contributed by atoms with van der Waals surface area (Å²) in [5, 5.41) is 0. The Morgan fingerprint density at radius 1 is 1.31 bits per heavy atom. The summed E-state index contributed by atoms with van der Waals surface area (Å²) in [5.74, 6) is -0.0138. The van der Waals surface area contributed by atoms with Gasteiger partial charge >= 0.3 is 0 Å². The van der Waals surface area contributed by atoms with Crippen LogP contribution in [-0.4, -0.2) is 30.4 Å². The van der Waals surface area contributed by atoms with Gasteiger partial charge in [-0.25, -0.2) is 0 Å². The summed E-state index contributed by atoms with van der Waals surface area (Å²) >= 11 is 0. The summed E-state index contributed by atoms with van der Waals surface area (Å²) in [6.45, 7) is 5.43. The number of carbonyl (C=O) groups is 1. The average Bonchev–Trinajstić information content (AvgIpc) is 2.29. The minimum atomic E-state index is -0.115. The van der Waals surface area contributed by atoms with Crippen LogP contribution < -0.4 is 5.73 Å². The minimum absolute atomic E-state index is 0.101. The topological polar surface area (TPSA) is 46.3 Å². The van der Waals surface area contributed by atoms with E-state index >= 15 is 0 Å². The van der Waals surface area contributed by atoms with Crippen LogP contribution in [0.3, 0.4) is 0 Å². The van der Waals surface area contributed by atoms with Gasteiger partial charge in [0.05, 0.1) is 5.92 Å². The lowest BCUT2D eigenvalue weighted by molar-refractivity contribution is -0.123. The Kier molecular flexibility index (Phi) is 6.46. The highest BCUT2D eigenvalue weighted by Gasteiger charge is 2.23. The molecule has 94 valence electrons. The molecule has 0 aromatic heterocycles. The molecule has 1 heterocycles. The van der Waals surface area contributed by atoms with E-state index in [1.807, 2.05) is 0 Å². The molecule has 0 bridgehead atoms. The van der Waals surface area contributed by atoms with Gasteiger partial charge in [0.25, 0.3) is 0 Å². The second-order valence-corrected chi connectivity index (χ2v) is 4.96. The standard InChI is InChI=1S/C13H26N2O/c1-2-3-4-5-6-9-15-10-7-8-12(11-15)13(14)16/h12H,2-11H2,1H3,(H2,14,16)/t12-/m0/s1. The number of carbonyl (C=O) groups excluding carboxylic acids is 1. The molecular weight excluding hydrogens is 200 g/mol. The maximum atomic E-state index is 11.1. The van der Waals surface area contributed by atoms with Crippen LogP contribution in [0.4, 0.5) is 0 Å². The minimum Gasteiger partial charge on any atom is -0.369 e. The van der Waals surface area contributed by atoms with E-state index < -0.39 is 0 Å². The largest absolute Gasteiger partial charge is 0.369 e. The first-order valence-corrected chi connectivity index (χ1v) is 6.75. The van der Waals surface area contributed by atoms with Gasteiger partial charge in [-0.3, -0.25) is 4.79 Å². The fourth-order valence-corrected chi connectivity index (χ4v) is 2.43. The predicted octanol–water partition coefficient (Wildman–Crippen LogP) is 2.15. The molecule has 1 amide bonds. The van der Waals surface area contributed by atoms with Gasteiger partial charge in [0.1, 0.15) is 0 Å². The molecule has 3 nitrogen and oxygen atoms in total. The summed E-state index contributed by atoms with van der Waals surface area (Å²) in [4.78, 5) is 13.5. The monoisotopic (exact) mass is 226 g/mol. The maximum absolute atomic E-state index is 11.1. The van der Waals surface area contributed by atoms with E-state index in [2.05, 4.69) is 11.8 Å². The van der Waals surface area contributed by atoms with Crippen molar-refractivity contribution in [1.29, 1.82) is 0 Å². The van der Waals surface area contributed by atoms with Gasteiger partial charge in [-0.15, -0.1) is 0 Å². The molecule has 1 aliphatic heterocycles. The third-order valence-electron chi connectivity index (χ3n) is 3.49. The number of unbranched alkanes of at least 4 members (excludes halogenated alkanes) is 4. The van der Waals surface area contributed by atoms with Gasteiger partial charge in [0.2, 0.25) is 5.91 Å². The lowest BCUT2D eigenvalue weighted by Gasteiger charge is -2.31. The highest BCUT2D eigenvalue weighted by Crippen LogP contribution is 2.16. The number of rotatable bonds is 7. The van der Waals surface area contributed by atoms with Gasteiger partial charge in [0.15, 0.2) is 0 Å². The van der Waals surface area contributed by atoms with Crippen molar-refractivity contribution in [3.05, 3.63) is 0 Å².